The van der Waals surface area contributed by atoms with Crippen molar-refractivity contribution < 1.29 is 8.83 Å². The van der Waals surface area contributed by atoms with Crippen LogP contribution in [0.25, 0.3) is 110 Å². The molecule has 11 rings (SSSR count). The van der Waals surface area contributed by atoms with Crippen LogP contribution in [0.3, 0.4) is 0 Å². The Bertz CT molecular complexity index is 3090. The van der Waals surface area contributed by atoms with Crippen LogP contribution in [0.15, 0.2) is 173 Å². The van der Waals surface area contributed by atoms with Crippen LogP contribution in [0.2, 0.25) is 0 Å². The van der Waals surface area contributed by atoms with Gasteiger partial charge in [-0.25, -0.2) is 4.98 Å². The van der Waals surface area contributed by atoms with Crippen molar-refractivity contribution in [3.8, 4) is 33.7 Å². The highest BCUT2D eigenvalue weighted by Gasteiger charge is 2.19. The van der Waals surface area contributed by atoms with Gasteiger partial charge in [-0.1, -0.05) is 121 Å². The van der Waals surface area contributed by atoms with Crippen molar-refractivity contribution in [2.75, 3.05) is 0 Å². The van der Waals surface area contributed by atoms with Crippen LogP contribution < -0.4 is 0 Å². The average molecular weight is 638 g/mol. The maximum Gasteiger partial charge on any atom is 0.227 e. The average Bonchev–Trinajstić information content (AvgIpc) is 3.78. The molecule has 11 aromatic rings. The first-order valence-corrected chi connectivity index (χ1v) is 17.0. The highest BCUT2D eigenvalue weighted by molar-refractivity contribution is 6.23. The van der Waals surface area contributed by atoms with Gasteiger partial charge in [-0.15, -0.1) is 0 Å². The smallest absolute Gasteiger partial charge is 0.227 e. The Kier molecular flexibility index (Phi) is 5.67. The molecule has 50 heavy (non-hydrogen) atoms. The molecule has 0 atom stereocenters. The molecular formula is C47H27NO2. The van der Waals surface area contributed by atoms with E-state index >= 15 is 0 Å². The fraction of sp³-hybridized carbons (Fsp3) is 0. The standard InChI is InChI=1S/C47H27NO2/c1-2-10-29(11-3-1)47-48-40-25-22-28-18-19-30-26-31(20-23-33(30)45(28)46(40)50-47)43-36-13-4-6-15-38(36)44(39-16-7-5-14-37(39)43)32-21-24-35-34-12-8-9-17-41(34)49-42(35)27-32/h1-27H. The molecule has 0 amide bonds. The number of para-hydroxylation sites is 1. The molecule has 0 aliphatic rings. The minimum Gasteiger partial charge on any atom is -0.456 e. The molecule has 3 nitrogen and oxygen atoms in total. The number of fused-ring (bicyclic) bond motifs is 10. The Balaban J connectivity index is 1.14. The molecule has 0 spiro atoms. The molecule has 2 aromatic heterocycles. The van der Waals surface area contributed by atoms with Crippen molar-refractivity contribution in [1.29, 1.82) is 0 Å². The van der Waals surface area contributed by atoms with Gasteiger partial charge in [0.05, 0.1) is 0 Å². The number of nitrogens with zero attached hydrogens (tertiary/aromatic N) is 1. The second-order valence-corrected chi connectivity index (χ2v) is 13.0. The van der Waals surface area contributed by atoms with Gasteiger partial charge >= 0.3 is 0 Å². The first-order valence-electron chi connectivity index (χ1n) is 17.0. The molecule has 3 heteroatoms. The summed E-state index contributed by atoms with van der Waals surface area (Å²) in [6.07, 6.45) is 0. The topological polar surface area (TPSA) is 39.2 Å². The summed E-state index contributed by atoms with van der Waals surface area (Å²) >= 11 is 0. The highest BCUT2D eigenvalue weighted by Crippen LogP contribution is 2.45. The number of benzene rings is 9. The number of hydrogen-bond acceptors (Lipinski definition) is 3. The molecule has 0 radical (unpaired) electrons. The lowest BCUT2D eigenvalue weighted by molar-refractivity contribution is 0.623. The lowest BCUT2D eigenvalue weighted by Gasteiger charge is -2.18. The largest absolute Gasteiger partial charge is 0.456 e. The van der Waals surface area contributed by atoms with Crippen LogP contribution >= 0.6 is 0 Å². The van der Waals surface area contributed by atoms with Gasteiger partial charge in [0, 0.05) is 21.7 Å². The van der Waals surface area contributed by atoms with E-state index < -0.39 is 0 Å². The molecule has 0 saturated carbocycles. The van der Waals surface area contributed by atoms with E-state index in [0.717, 1.165) is 65.7 Å². The van der Waals surface area contributed by atoms with E-state index in [4.69, 9.17) is 13.8 Å². The predicted molar refractivity (Wildman–Crippen MR) is 208 cm³/mol. The SMILES string of the molecule is c1ccc(-c2nc3ccc4ccc5cc(-c6c7ccccc7c(-c7ccc8c(c7)oc7ccccc78)c7ccccc67)ccc5c4c3o2)cc1. The van der Waals surface area contributed by atoms with Crippen molar-refractivity contribution >= 4 is 76.1 Å². The zero-order valence-electron chi connectivity index (χ0n) is 26.9. The third kappa shape index (κ3) is 3.95. The molecule has 232 valence electrons. The van der Waals surface area contributed by atoms with Crippen LogP contribution in [-0.4, -0.2) is 4.98 Å². The summed E-state index contributed by atoms with van der Waals surface area (Å²) in [6.45, 7) is 0. The van der Waals surface area contributed by atoms with Gasteiger partial charge in [0.25, 0.3) is 0 Å². The fourth-order valence-corrected chi connectivity index (χ4v) is 8.02. The maximum absolute atomic E-state index is 6.49. The van der Waals surface area contributed by atoms with Crippen LogP contribution in [0.4, 0.5) is 0 Å². The number of hydrogen-bond donors (Lipinski definition) is 0. The molecule has 0 aliphatic heterocycles. The number of oxazole rings is 1. The van der Waals surface area contributed by atoms with Crippen molar-refractivity contribution in [3.63, 3.8) is 0 Å². The normalized spacial score (nSPS) is 12.0. The zero-order valence-corrected chi connectivity index (χ0v) is 26.9. The Morgan fingerprint density at radius 3 is 1.64 bits per heavy atom. The first-order chi connectivity index (χ1) is 24.8. The van der Waals surface area contributed by atoms with E-state index in [1.165, 1.54) is 38.2 Å². The second-order valence-electron chi connectivity index (χ2n) is 13.0. The number of aromatic nitrogens is 1. The van der Waals surface area contributed by atoms with Crippen molar-refractivity contribution in [2.24, 2.45) is 0 Å². The lowest BCUT2D eigenvalue weighted by Crippen LogP contribution is -1.91. The molecule has 9 aromatic carbocycles. The Morgan fingerprint density at radius 1 is 0.360 bits per heavy atom. The summed E-state index contributed by atoms with van der Waals surface area (Å²) in [5, 5.41) is 11.7. The molecular weight excluding hydrogens is 611 g/mol. The Labute approximate surface area is 286 Å². The minimum absolute atomic E-state index is 0.638. The second kappa shape index (κ2) is 10.4. The summed E-state index contributed by atoms with van der Waals surface area (Å²) < 4.78 is 12.8. The summed E-state index contributed by atoms with van der Waals surface area (Å²) in [6, 6.07) is 58.1. The third-order valence-corrected chi connectivity index (χ3v) is 10.3. The fourth-order valence-electron chi connectivity index (χ4n) is 8.02. The van der Waals surface area contributed by atoms with Crippen LogP contribution in [0, 0.1) is 0 Å². The van der Waals surface area contributed by atoms with Gasteiger partial charge in [0.15, 0.2) is 5.58 Å². The van der Waals surface area contributed by atoms with E-state index in [2.05, 4.69) is 121 Å². The van der Waals surface area contributed by atoms with Crippen LogP contribution in [0.1, 0.15) is 0 Å². The van der Waals surface area contributed by atoms with Crippen LogP contribution in [0.5, 0.6) is 0 Å². The van der Waals surface area contributed by atoms with Crippen molar-refractivity contribution in [2.45, 2.75) is 0 Å². The quantitative estimate of drug-likeness (QED) is 0.143. The summed E-state index contributed by atoms with van der Waals surface area (Å²) in [7, 11) is 0. The summed E-state index contributed by atoms with van der Waals surface area (Å²) in [5.74, 6) is 0.638. The van der Waals surface area contributed by atoms with Gasteiger partial charge in [0.2, 0.25) is 5.89 Å². The third-order valence-electron chi connectivity index (χ3n) is 10.3. The molecule has 2 heterocycles. The molecule has 0 N–H and O–H groups in total. The number of furan rings is 1. The van der Waals surface area contributed by atoms with E-state index in [1.807, 2.05) is 42.5 Å². The van der Waals surface area contributed by atoms with Gasteiger partial charge in [0.1, 0.15) is 16.7 Å². The lowest BCUT2D eigenvalue weighted by atomic mass is 9.85. The summed E-state index contributed by atoms with van der Waals surface area (Å²) in [5.41, 5.74) is 9.24. The van der Waals surface area contributed by atoms with Gasteiger partial charge in [-0.3, -0.25) is 0 Å². The van der Waals surface area contributed by atoms with Crippen molar-refractivity contribution in [3.05, 3.63) is 164 Å². The zero-order chi connectivity index (χ0) is 32.8. The highest BCUT2D eigenvalue weighted by atomic mass is 16.3. The Morgan fingerprint density at radius 2 is 0.920 bits per heavy atom. The first kappa shape index (κ1) is 27.3. The van der Waals surface area contributed by atoms with Gasteiger partial charge in [-0.2, -0.15) is 0 Å². The van der Waals surface area contributed by atoms with E-state index in [0.29, 0.717) is 5.89 Å². The molecule has 0 unspecified atom stereocenters. The van der Waals surface area contributed by atoms with Crippen LogP contribution in [-0.2, 0) is 0 Å². The van der Waals surface area contributed by atoms with E-state index in [9.17, 15) is 0 Å². The molecule has 0 bridgehead atoms. The van der Waals surface area contributed by atoms with E-state index in [1.54, 1.807) is 0 Å². The summed E-state index contributed by atoms with van der Waals surface area (Å²) in [4.78, 5) is 4.86. The molecule has 0 aliphatic carbocycles. The maximum atomic E-state index is 6.49. The molecule has 0 saturated heterocycles. The monoisotopic (exact) mass is 637 g/mol. The van der Waals surface area contributed by atoms with Gasteiger partial charge < -0.3 is 8.83 Å². The van der Waals surface area contributed by atoms with Crippen molar-refractivity contribution in [1.82, 2.24) is 4.98 Å². The van der Waals surface area contributed by atoms with E-state index in [-0.39, 0.29) is 0 Å². The predicted octanol–water partition coefficient (Wildman–Crippen LogP) is 13.3. The molecule has 0 fully saturated rings. The Hall–Kier alpha value is -6.71. The minimum atomic E-state index is 0.638. The number of rotatable bonds is 3. The van der Waals surface area contributed by atoms with Gasteiger partial charge in [-0.05, 0) is 102 Å².